The summed E-state index contributed by atoms with van der Waals surface area (Å²) in [7, 11) is 2.83. The van der Waals surface area contributed by atoms with Crippen molar-refractivity contribution in [1.82, 2.24) is 0 Å². The van der Waals surface area contributed by atoms with Crippen molar-refractivity contribution in [2.45, 2.75) is 39.6 Å². The Labute approximate surface area is 102 Å². The molecule has 0 N–H and O–H groups in total. The molecule has 17 heavy (non-hydrogen) atoms. The average Bonchev–Trinajstić information content (AvgIpc) is 2.30. The summed E-state index contributed by atoms with van der Waals surface area (Å²) >= 11 is 0. The lowest BCUT2D eigenvalue weighted by atomic mass is 10.6. The Bertz CT molecular complexity index is 181. The van der Waals surface area contributed by atoms with Gasteiger partial charge in [-0.25, -0.2) is 0 Å². The highest BCUT2D eigenvalue weighted by atomic mass is 17.6. The van der Waals surface area contributed by atoms with Gasteiger partial charge in [0.25, 0.3) is 0 Å². The maximum atomic E-state index is 5.16. The number of methoxy groups -OCH3 is 2. The van der Waals surface area contributed by atoms with Crippen molar-refractivity contribution >= 4 is 0 Å². The molecule has 7 nitrogen and oxygen atoms in total. The predicted molar refractivity (Wildman–Crippen MR) is 57.3 cm³/mol. The van der Waals surface area contributed by atoms with Gasteiger partial charge < -0.3 is 18.9 Å². The fourth-order valence-corrected chi connectivity index (χ4v) is 0.899. The van der Waals surface area contributed by atoms with E-state index >= 15 is 0 Å². The largest absolute Gasteiger partial charge is 0.329 e. The van der Waals surface area contributed by atoms with Crippen molar-refractivity contribution in [1.29, 1.82) is 0 Å². The molecule has 0 amide bonds. The molecule has 0 saturated carbocycles. The van der Waals surface area contributed by atoms with Crippen LogP contribution in [0.15, 0.2) is 0 Å². The van der Waals surface area contributed by atoms with E-state index in [1.165, 1.54) is 28.1 Å². The van der Waals surface area contributed by atoms with Crippen LogP contribution in [0.25, 0.3) is 0 Å². The molecule has 0 radical (unpaired) electrons. The second kappa shape index (κ2) is 7.93. The first-order valence-corrected chi connectivity index (χ1v) is 5.37. The van der Waals surface area contributed by atoms with Crippen molar-refractivity contribution in [3.05, 3.63) is 0 Å². The Hall–Kier alpha value is -0.280. The van der Waals surface area contributed by atoms with Crippen molar-refractivity contribution in [3.8, 4) is 0 Å². The van der Waals surface area contributed by atoms with Crippen LogP contribution in [0.2, 0.25) is 0 Å². The summed E-state index contributed by atoms with van der Waals surface area (Å²) < 4.78 is 20.2. The van der Waals surface area contributed by atoms with E-state index in [2.05, 4.69) is 5.04 Å². The molecule has 7 heteroatoms. The highest BCUT2D eigenvalue weighted by Crippen LogP contribution is 2.18. The molecular weight excluding hydrogens is 232 g/mol. The van der Waals surface area contributed by atoms with Gasteiger partial charge >= 0.3 is 11.9 Å². The fraction of sp³-hybridized carbons (Fsp3) is 1.00. The maximum Gasteiger partial charge on any atom is 0.312 e. The molecule has 0 aliphatic carbocycles. The molecule has 2 unspecified atom stereocenters. The molecule has 0 aromatic heterocycles. The second-order valence-electron chi connectivity index (χ2n) is 3.23. The fourth-order valence-electron chi connectivity index (χ4n) is 0.899. The van der Waals surface area contributed by atoms with Gasteiger partial charge in [-0.2, -0.15) is 0 Å². The third-order valence-corrected chi connectivity index (χ3v) is 1.93. The van der Waals surface area contributed by atoms with E-state index in [1.54, 1.807) is 13.8 Å². The zero-order valence-corrected chi connectivity index (χ0v) is 11.3. The normalized spacial score (nSPS) is 18.7. The highest BCUT2D eigenvalue weighted by molar-refractivity contribution is 4.41. The Morgan fingerprint density at radius 2 is 1.12 bits per heavy atom. The molecule has 0 bridgehead atoms. The third-order valence-electron chi connectivity index (χ3n) is 1.93. The molecule has 0 rings (SSSR count). The monoisotopic (exact) mass is 254 g/mol. The van der Waals surface area contributed by atoms with Crippen molar-refractivity contribution in [3.63, 3.8) is 0 Å². The Morgan fingerprint density at radius 3 is 1.35 bits per heavy atom. The van der Waals surface area contributed by atoms with Crippen molar-refractivity contribution in [2.24, 2.45) is 0 Å². The third kappa shape index (κ3) is 6.27. The molecule has 0 aliphatic rings. The SMILES string of the molecule is CCOC(C)(OC)OOOC(C)(OC)OCC. The molecule has 0 saturated heterocycles. The van der Waals surface area contributed by atoms with Gasteiger partial charge in [0.2, 0.25) is 0 Å². The van der Waals surface area contributed by atoms with Crippen LogP contribution in [0.5, 0.6) is 0 Å². The van der Waals surface area contributed by atoms with Gasteiger partial charge in [0, 0.05) is 41.3 Å². The van der Waals surface area contributed by atoms with E-state index in [4.69, 9.17) is 28.7 Å². The Kier molecular flexibility index (Phi) is 7.80. The molecule has 0 heterocycles. The molecule has 2 atom stereocenters. The van der Waals surface area contributed by atoms with Gasteiger partial charge in [0.05, 0.1) is 0 Å². The molecule has 0 aromatic rings. The first kappa shape index (κ1) is 16.7. The van der Waals surface area contributed by atoms with Gasteiger partial charge in [-0.3, -0.25) is 0 Å². The van der Waals surface area contributed by atoms with E-state index in [1.807, 2.05) is 0 Å². The number of hydrogen-bond donors (Lipinski definition) is 0. The zero-order chi connectivity index (χ0) is 13.4. The predicted octanol–water partition coefficient (Wildman–Crippen LogP) is 1.58. The molecule has 0 spiro atoms. The quantitative estimate of drug-likeness (QED) is 0.333. The van der Waals surface area contributed by atoms with Crippen LogP contribution in [-0.2, 0) is 33.8 Å². The minimum Gasteiger partial charge on any atom is -0.329 e. The molecular formula is C10H22O7. The number of rotatable bonds is 10. The van der Waals surface area contributed by atoms with E-state index in [0.717, 1.165) is 0 Å². The maximum absolute atomic E-state index is 5.16. The molecule has 0 fully saturated rings. The van der Waals surface area contributed by atoms with E-state index in [9.17, 15) is 0 Å². The first-order chi connectivity index (χ1) is 7.95. The Balaban J connectivity index is 4.10. The minimum atomic E-state index is -1.35. The first-order valence-electron chi connectivity index (χ1n) is 5.37. The number of ether oxygens (including phenoxy) is 4. The second-order valence-corrected chi connectivity index (χ2v) is 3.23. The van der Waals surface area contributed by atoms with E-state index in [-0.39, 0.29) is 0 Å². The van der Waals surface area contributed by atoms with Crippen LogP contribution in [0.3, 0.4) is 0 Å². The van der Waals surface area contributed by atoms with E-state index < -0.39 is 11.9 Å². The molecule has 0 aliphatic heterocycles. The summed E-state index contributed by atoms with van der Waals surface area (Å²) in [6.45, 7) is 7.43. The molecule has 104 valence electrons. The summed E-state index contributed by atoms with van der Waals surface area (Å²) in [4.78, 5) is 9.67. The topological polar surface area (TPSA) is 64.6 Å². The van der Waals surface area contributed by atoms with Gasteiger partial charge in [-0.1, -0.05) is 5.04 Å². The van der Waals surface area contributed by atoms with Gasteiger partial charge in [-0.15, -0.1) is 9.78 Å². The summed E-state index contributed by atoms with van der Waals surface area (Å²) in [5.74, 6) is -2.70. The van der Waals surface area contributed by atoms with Crippen molar-refractivity contribution in [2.75, 3.05) is 27.4 Å². The highest BCUT2D eigenvalue weighted by Gasteiger charge is 2.32. The van der Waals surface area contributed by atoms with Gasteiger partial charge in [0.15, 0.2) is 0 Å². The minimum absolute atomic E-state index is 0.390. The van der Waals surface area contributed by atoms with Crippen molar-refractivity contribution < 1.29 is 33.8 Å². The number of hydrogen-bond acceptors (Lipinski definition) is 7. The van der Waals surface area contributed by atoms with Crippen LogP contribution in [0.4, 0.5) is 0 Å². The zero-order valence-electron chi connectivity index (χ0n) is 11.3. The standard InChI is InChI=1S/C10H22O7/c1-7-13-9(3,11-5)15-17-16-10(4,12-6)14-8-2/h7-8H2,1-6H3. The van der Waals surface area contributed by atoms with Crippen LogP contribution < -0.4 is 0 Å². The van der Waals surface area contributed by atoms with Crippen LogP contribution in [0, 0.1) is 0 Å². The summed E-state index contributed by atoms with van der Waals surface area (Å²) in [5.41, 5.74) is 0. The van der Waals surface area contributed by atoms with E-state index in [0.29, 0.717) is 13.2 Å². The lowest BCUT2D eigenvalue weighted by Gasteiger charge is -2.28. The lowest BCUT2D eigenvalue weighted by Crippen LogP contribution is -2.39. The van der Waals surface area contributed by atoms with Crippen LogP contribution in [0.1, 0.15) is 27.7 Å². The smallest absolute Gasteiger partial charge is 0.312 e. The molecule has 0 aromatic carbocycles. The van der Waals surface area contributed by atoms with Crippen LogP contribution >= 0.6 is 0 Å². The van der Waals surface area contributed by atoms with Gasteiger partial charge in [-0.05, 0) is 13.8 Å². The van der Waals surface area contributed by atoms with Gasteiger partial charge in [0.1, 0.15) is 0 Å². The summed E-state index contributed by atoms with van der Waals surface area (Å²) in [6.07, 6.45) is 0. The Morgan fingerprint density at radius 1 is 0.765 bits per heavy atom. The summed E-state index contributed by atoms with van der Waals surface area (Å²) in [5, 5.41) is 4.55. The average molecular weight is 254 g/mol. The summed E-state index contributed by atoms with van der Waals surface area (Å²) in [6, 6.07) is 0. The lowest BCUT2D eigenvalue weighted by molar-refractivity contribution is -0.657. The van der Waals surface area contributed by atoms with Crippen LogP contribution in [-0.4, -0.2) is 39.4 Å².